The van der Waals surface area contributed by atoms with Crippen LogP contribution < -0.4 is 5.32 Å². The molecule has 0 saturated carbocycles. The highest BCUT2D eigenvalue weighted by Gasteiger charge is 2.24. The number of hydrogen-bond acceptors (Lipinski definition) is 3. The summed E-state index contributed by atoms with van der Waals surface area (Å²) in [4.78, 5) is 24.7. The van der Waals surface area contributed by atoms with E-state index in [9.17, 15) is 9.59 Å². The topological polar surface area (TPSA) is 66.4 Å². The maximum Gasteiger partial charge on any atom is 0.308 e. The zero-order chi connectivity index (χ0) is 14.7. The molecule has 1 atom stereocenters. The van der Waals surface area contributed by atoms with Crippen LogP contribution in [-0.2, 0) is 17.6 Å². The van der Waals surface area contributed by atoms with Gasteiger partial charge in [0.05, 0.1) is 11.5 Å². The third kappa shape index (κ3) is 3.20. The van der Waals surface area contributed by atoms with E-state index in [1.807, 2.05) is 19.2 Å². The van der Waals surface area contributed by atoms with Crippen molar-refractivity contribution in [2.75, 3.05) is 6.54 Å². The van der Waals surface area contributed by atoms with Gasteiger partial charge in [-0.3, -0.25) is 9.59 Å². The summed E-state index contributed by atoms with van der Waals surface area (Å²) >= 11 is 1.65. The zero-order valence-electron chi connectivity index (χ0n) is 11.9. The standard InChI is InChI=1S/C15H21NO3S/c1-9(2)11(15(18)19)7-16-14(17)12-8-20-13-6-4-3-5-10(12)13/h8-9,11H,3-7H2,1-2H3,(H,16,17)(H,18,19). The van der Waals surface area contributed by atoms with Gasteiger partial charge in [0.2, 0.25) is 0 Å². The Bertz CT molecular complexity index is 507. The summed E-state index contributed by atoms with van der Waals surface area (Å²) in [6.07, 6.45) is 4.36. The molecule has 1 aromatic heterocycles. The Morgan fingerprint density at radius 3 is 2.70 bits per heavy atom. The minimum absolute atomic E-state index is 0.00388. The number of amides is 1. The van der Waals surface area contributed by atoms with Crippen molar-refractivity contribution in [1.29, 1.82) is 0 Å². The highest BCUT2D eigenvalue weighted by atomic mass is 32.1. The Morgan fingerprint density at radius 1 is 1.35 bits per heavy atom. The molecule has 1 aliphatic carbocycles. The summed E-state index contributed by atoms with van der Waals surface area (Å²) in [7, 11) is 0. The van der Waals surface area contributed by atoms with E-state index in [0.29, 0.717) is 0 Å². The highest BCUT2D eigenvalue weighted by molar-refractivity contribution is 7.10. The number of aliphatic carboxylic acids is 1. The summed E-state index contributed by atoms with van der Waals surface area (Å²) in [5.41, 5.74) is 1.92. The van der Waals surface area contributed by atoms with Crippen molar-refractivity contribution in [3.8, 4) is 0 Å². The molecule has 1 heterocycles. The largest absolute Gasteiger partial charge is 0.481 e. The molecular weight excluding hydrogens is 274 g/mol. The van der Waals surface area contributed by atoms with Crippen molar-refractivity contribution in [2.24, 2.45) is 11.8 Å². The third-order valence-corrected chi connectivity index (χ3v) is 5.00. The van der Waals surface area contributed by atoms with Gasteiger partial charge < -0.3 is 10.4 Å². The second-order valence-corrected chi connectivity index (χ2v) is 6.62. The fraction of sp³-hybridized carbons (Fsp3) is 0.600. The van der Waals surface area contributed by atoms with Gasteiger partial charge in [0.1, 0.15) is 0 Å². The van der Waals surface area contributed by atoms with Crippen LogP contribution in [0.5, 0.6) is 0 Å². The fourth-order valence-electron chi connectivity index (χ4n) is 2.59. The van der Waals surface area contributed by atoms with Gasteiger partial charge in [-0.15, -0.1) is 11.3 Å². The first-order chi connectivity index (χ1) is 9.50. The quantitative estimate of drug-likeness (QED) is 0.877. The molecule has 1 aliphatic rings. The highest BCUT2D eigenvalue weighted by Crippen LogP contribution is 2.30. The van der Waals surface area contributed by atoms with Crippen LogP contribution in [0.4, 0.5) is 0 Å². The lowest BCUT2D eigenvalue weighted by Crippen LogP contribution is -2.35. The molecule has 2 rings (SSSR count). The molecule has 0 saturated heterocycles. The number of thiophene rings is 1. The fourth-order valence-corrected chi connectivity index (χ4v) is 3.72. The summed E-state index contributed by atoms with van der Waals surface area (Å²) in [6, 6.07) is 0. The van der Waals surface area contributed by atoms with Crippen molar-refractivity contribution in [1.82, 2.24) is 5.32 Å². The van der Waals surface area contributed by atoms with Gasteiger partial charge in [0.25, 0.3) is 5.91 Å². The van der Waals surface area contributed by atoms with Crippen LogP contribution in [0.25, 0.3) is 0 Å². The van der Waals surface area contributed by atoms with E-state index in [2.05, 4.69) is 5.32 Å². The van der Waals surface area contributed by atoms with Crippen LogP contribution in [0.15, 0.2) is 5.38 Å². The van der Waals surface area contributed by atoms with Gasteiger partial charge >= 0.3 is 5.97 Å². The number of aryl methyl sites for hydroxylation is 1. The number of fused-ring (bicyclic) bond motifs is 1. The minimum atomic E-state index is -0.854. The Kier molecular flexibility index (Phi) is 4.81. The maximum absolute atomic E-state index is 12.2. The monoisotopic (exact) mass is 295 g/mol. The van der Waals surface area contributed by atoms with Crippen LogP contribution in [0.2, 0.25) is 0 Å². The second kappa shape index (κ2) is 6.39. The average Bonchev–Trinajstić information content (AvgIpc) is 2.81. The molecule has 0 spiro atoms. The maximum atomic E-state index is 12.2. The Morgan fingerprint density at radius 2 is 2.05 bits per heavy atom. The molecule has 110 valence electrons. The number of carboxylic acids is 1. The van der Waals surface area contributed by atoms with E-state index in [0.717, 1.165) is 24.8 Å². The smallest absolute Gasteiger partial charge is 0.308 e. The van der Waals surface area contributed by atoms with Crippen molar-refractivity contribution in [3.63, 3.8) is 0 Å². The number of nitrogens with one attached hydrogen (secondary N) is 1. The van der Waals surface area contributed by atoms with E-state index in [-0.39, 0.29) is 18.4 Å². The average molecular weight is 295 g/mol. The molecule has 2 N–H and O–H groups in total. The van der Waals surface area contributed by atoms with Crippen LogP contribution >= 0.6 is 11.3 Å². The van der Waals surface area contributed by atoms with Crippen molar-refractivity contribution >= 4 is 23.2 Å². The van der Waals surface area contributed by atoms with Crippen LogP contribution in [-0.4, -0.2) is 23.5 Å². The van der Waals surface area contributed by atoms with E-state index >= 15 is 0 Å². The van der Waals surface area contributed by atoms with E-state index in [4.69, 9.17) is 5.11 Å². The van der Waals surface area contributed by atoms with E-state index in [1.54, 1.807) is 11.3 Å². The third-order valence-electron chi connectivity index (χ3n) is 3.91. The number of carboxylic acid groups (broad SMARTS) is 1. The molecule has 1 amide bonds. The summed E-state index contributed by atoms with van der Waals surface area (Å²) < 4.78 is 0. The summed E-state index contributed by atoms with van der Waals surface area (Å²) in [5, 5.41) is 13.8. The van der Waals surface area contributed by atoms with Crippen molar-refractivity contribution in [3.05, 3.63) is 21.4 Å². The van der Waals surface area contributed by atoms with Gasteiger partial charge in [-0.05, 0) is 37.2 Å². The molecule has 4 nitrogen and oxygen atoms in total. The molecule has 0 radical (unpaired) electrons. The Balaban J connectivity index is 2.02. The predicted molar refractivity (Wildman–Crippen MR) is 79.3 cm³/mol. The molecule has 0 fully saturated rings. The zero-order valence-corrected chi connectivity index (χ0v) is 12.8. The molecule has 1 aromatic rings. The Labute approximate surface area is 123 Å². The van der Waals surface area contributed by atoms with Crippen LogP contribution in [0.3, 0.4) is 0 Å². The Hall–Kier alpha value is -1.36. The summed E-state index contributed by atoms with van der Waals surface area (Å²) in [6.45, 7) is 3.91. The normalized spacial score (nSPS) is 15.8. The second-order valence-electron chi connectivity index (χ2n) is 5.66. The number of hydrogen-bond donors (Lipinski definition) is 2. The summed E-state index contributed by atoms with van der Waals surface area (Å²) in [5.74, 6) is -1.51. The van der Waals surface area contributed by atoms with Gasteiger partial charge in [0.15, 0.2) is 0 Å². The lowest BCUT2D eigenvalue weighted by molar-refractivity contribution is -0.142. The number of rotatable bonds is 5. The first kappa shape index (κ1) is 15.0. The first-order valence-electron chi connectivity index (χ1n) is 7.11. The van der Waals surface area contributed by atoms with Crippen molar-refractivity contribution < 1.29 is 14.7 Å². The minimum Gasteiger partial charge on any atom is -0.481 e. The molecular formula is C15H21NO3S. The molecule has 20 heavy (non-hydrogen) atoms. The lowest BCUT2D eigenvalue weighted by Gasteiger charge is -2.17. The number of carbonyl (C=O) groups excluding carboxylic acids is 1. The van der Waals surface area contributed by atoms with Gasteiger partial charge in [-0.1, -0.05) is 13.8 Å². The predicted octanol–water partition coefficient (Wildman–Crippen LogP) is 2.71. The van der Waals surface area contributed by atoms with Crippen LogP contribution in [0.1, 0.15) is 47.5 Å². The number of carbonyl (C=O) groups is 2. The van der Waals surface area contributed by atoms with E-state index < -0.39 is 11.9 Å². The molecule has 1 unspecified atom stereocenters. The van der Waals surface area contributed by atoms with Gasteiger partial charge in [-0.2, -0.15) is 0 Å². The first-order valence-corrected chi connectivity index (χ1v) is 7.99. The molecule has 0 aliphatic heterocycles. The lowest BCUT2D eigenvalue weighted by atomic mass is 9.94. The van der Waals surface area contributed by atoms with Crippen LogP contribution in [0, 0.1) is 11.8 Å². The molecule has 5 heteroatoms. The van der Waals surface area contributed by atoms with E-state index in [1.165, 1.54) is 16.9 Å². The SMILES string of the molecule is CC(C)C(CNC(=O)c1csc2c1CCCC2)C(=O)O. The van der Waals surface area contributed by atoms with Gasteiger partial charge in [-0.25, -0.2) is 0 Å². The molecule has 0 aromatic carbocycles. The van der Waals surface area contributed by atoms with Gasteiger partial charge in [0, 0.05) is 16.8 Å². The molecule has 0 bridgehead atoms. The van der Waals surface area contributed by atoms with Crippen molar-refractivity contribution in [2.45, 2.75) is 39.5 Å².